The molecule has 2 unspecified atom stereocenters. The van der Waals surface area contributed by atoms with Gasteiger partial charge in [0.1, 0.15) is 0 Å². The lowest BCUT2D eigenvalue weighted by Crippen LogP contribution is -2.49. The molecule has 19 heavy (non-hydrogen) atoms. The number of amides is 2. The van der Waals surface area contributed by atoms with Gasteiger partial charge in [-0.3, -0.25) is 0 Å². The maximum Gasteiger partial charge on any atom is 0.328 e. The van der Waals surface area contributed by atoms with E-state index in [4.69, 9.17) is 11.5 Å². The minimum absolute atomic E-state index is 0.433. The zero-order chi connectivity index (χ0) is 14.4. The van der Waals surface area contributed by atoms with E-state index in [2.05, 4.69) is 16.6 Å². The molecule has 0 bridgehead atoms. The molecule has 1 aromatic carbocycles. The van der Waals surface area contributed by atoms with Crippen LogP contribution in [0.3, 0.4) is 0 Å². The minimum Gasteiger partial charge on any atom is -0.480 e. The molecular formula is C13H14N2O4. The number of hydrogen-bond acceptors (Lipinski definition) is 3. The third kappa shape index (κ3) is 4.33. The molecular weight excluding hydrogens is 248 g/mol. The maximum absolute atomic E-state index is 11.6. The number of carboxylic acid groups (broad SMARTS) is 1. The molecule has 100 valence electrons. The second-order valence-electron chi connectivity index (χ2n) is 3.88. The van der Waals surface area contributed by atoms with E-state index in [-0.39, 0.29) is 0 Å². The molecule has 0 heterocycles. The van der Waals surface area contributed by atoms with E-state index in [1.807, 2.05) is 0 Å². The number of anilines is 1. The average molecular weight is 262 g/mol. The Morgan fingerprint density at radius 3 is 2.63 bits per heavy atom. The molecule has 1 aromatic rings. The van der Waals surface area contributed by atoms with Crippen molar-refractivity contribution in [3.05, 3.63) is 29.8 Å². The van der Waals surface area contributed by atoms with Gasteiger partial charge in [-0.1, -0.05) is 12.0 Å². The van der Waals surface area contributed by atoms with Gasteiger partial charge in [0.2, 0.25) is 0 Å². The number of aliphatic hydroxyl groups excluding tert-OH is 1. The molecule has 6 nitrogen and oxygen atoms in total. The van der Waals surface area contributed by atoms with E-state index in [0.717, 1.165) is 0 Å². The van der Waals surface area contributed by atoms with Crippen LogP contribution in [-0.2, 0) is 4.79 Å². The third-order valence-electron chi connectivity index (χ3n) is 2.32. The molecule has 1 rings (SSSR count). The second-order valence-corrected chi connectivity index (χ2v) is 3.88. The number of carboxylic acids is 1. The van der Waals surface area contributed by atoms with Crippen molar-refractivity contribution >= 4 is 17.7 Å². The molecule has 0 aliphatic rings. The van der Waals surface area contributed by atoms with Gasteiger partial charge in [0, 0.05) is 11.3 Å². The fourth-order valence-electron chi connectivity index (χ4n) is 1.38. The number of rotatable bonds is 4. The Labute approximate surface area is 110 Å². The quantitative estimate of drug-likeness (QED) is 0.598. The van der Waals surface area contributed by atoms with Crippen LogP contribution in [-0.4, -0.2) is 34.4 Å². The van der Waals surface area contributed by atoms with Gasteiger partial charge in [-0.25, -0.2) is 9.59 Å². The van der Waals surface area contributed by atoms with Crippen molar-refractivity contribution in [3.63, 3.8) is 0 Å². The number of nitrogens with one attached hydrogen (secondary N) is 2. The molecule has 0 saturated carbocycles. The van der Waals surface area contributed by atoms with Crippen LogP contribution < -0.4 is 10.6 Å². The van der Waals surface area contributed by atoms with Gasteiger partial charge in [-0.2, -0.15) is 0 Å². The normalized spacial score (nSPS) is 12.9. The largest absolute Gasteiger partial charge is 0.480 e. The lowest BCUT2D eigenvalue weighted by molar-refractivity contribution is -0.141. The van der Waals surface area contributed by atoms with E-state index in [0.29, 0.717) is 11.3 Å². The predicted molar refractivity (Wildman–Crippen MR) is 69.6 cm³/mol. The van der Waals surface area contributed by atoms with Gasteiger partial charge >= 0.3 is 12.0 Å². The van der Waals surface area contributed by atoms with E-state index in [1.54, 1.807) is 24.3 Å². The van der Waals surface area contributed by atoms with Gasteiger partial charge in [0.25, 0.3) is 0 Å². The first kappa shape index (κ1) is 14.5. The molecule has 0 aliphatic heterocycles. The van der Waals surface area contributed by atoms with Crippen LogP contribution in [0.25, 0.3) is 0 Å². The fraction of sp³-hybridized carbons (Fsp3) is 0.231. The zero-order valence-corrected chi connectivity index (χ0v) is 10.3. The van der Waals surface area contributed by atoms with E-state index in [1.165, 1.54) is 6.92 Å². The molecule has 0 aliphatic carbocycles. The zero-order valence-electron chi connectivity index (χ0n) is 10.3. The van der Waals surface area contributed by atoms with Crippen molar-refractivity contribution in [1.29, 1.82) is 0 Å². The SMILES string of the molecule is C#Cc1cccc(NC(=O)NC(C(=O)O)C(C)O)c1. The Balaban J connectivity index is 2.69. The summed E-state index contributed by atoms with van der Waals surface area (Å²) in [5, 5.41) is 22.6. The number of hydrogen-bond donors (Lipinski definition) is 4. The first-order valence-electron chi connectivity index (χ1n) is 5.49. The molecule has 2 amide bonds. The first-order chi connectivity index (χ1) is 8.93. The Morgan fingerprint density at radius 2 is 2.11 bits per heavy atom. The molecule has 4 N–H and O–H groups in total. The Morgan fingerprint density at radius 1 is 1.42 bits per heavy atom. The number of benzene rings is 1. The van der Waals surface area contributed by atoms with Crippen LogP contribution in [0.4, 0.5) is 10.5 Å². The third-order valence-corrected chi connectivity index (χ3v) is 2.32. The van der Waals surface area contributed by atoms with Crippen LogP contribution >= 0.6 is 0 Å². The van der Waals surface area contributed by atoms with Gasteiger partial charge in [-0.05, 0) is 25.1 Å². The van der Waals surface area contributed by atoms with Crippen molar-refractivity contribution in [1.82, 2.24) is 5.32 Å². The summed E-state index contributed by atoms with van der Waals surface area (Å²) in [6.45, 7) is 1.28. The van der Waals surface area contributed by atoms with Crippen molar-refractivity contribution in [2.24, 2.45) is 0 Å². The van der Waals surface area contributed by atoms with Crippen LogP contribution in [0.15, 0.2) is 24.3 Å². The number of urea groups is 1. The highest BCUT2D eigenvalue weighted by molar-refractivity contribution is 5.92. The Kier molecular flexibility index (Phi) is 4.92. The van der Waals surface area contributed by atoms with Gasteiger partial charge in [0.15, 0.2) is 6.04 Å². The molecule has 2 atom stereocenters. The van der Waals surface area contributed by atoms with E-state index < -0.39 is 24.1 Å². The van der Waals surface area contributed by atoms with Crippen LogP contribution in [0, 0.1) is 12.3 Å². The number of carbonyl (C=O) groups is 2. The lowest BCUT2D eigenvalue weighted by atomic mass is 10.2. The van der Waals surface area contributed by atoms with E-state index in [9.17, 15) is 14.7 Å². The molecule has 0 saturated heterocycles. The number of aliphatic hydroxyl groups is 1. The molecule has 0 radical (unpaired) electrons. The summed E-state index contributed by atoms with van der Waals surface area (Å²) in [5.41, 5.74) is 1.02. The highest BCUT2D eigenvalue weighted by Crippen LogP contribution is 2.09. The number of terminal acetylenes is 1. The summed E-state index contributed by atoms with van der Waals surface area (Å²) in [6.07, 6.45) is 4.01. The fourth-order valence-corrected chi connectivity index (χ4v) is 1.38. The Hall–Kier alpha value is -2.52. The smallest absolute Gasteiger partial charge is 0.328 e. The first-order valence-corrected chi connectivity index (χ1v) is 5.49. The van der Waals surface area contributed by atoms with Crippen molar-refractivity contribution in [2.45, 2.75) is 19.1 Å². The monoisotopic (exact) mass is 262 g/mol. The van der Waals surface area contributed by atoms with Crippen LogP contribution in [0.5, 0.6) is 0 Å². The summed E-state index contributed by atoms with van der Waals surface area (Å²) < 4.78 is 0. The topological polar surface area (TPSA) is 98.7 Å². The van der Waals surface area contributed by atoms with Gasteiger partial charge in [0.05, 0.1) is 6.10 Å². The van der Waals surface area contributed by atoms with Crippen LogP contribution in [0.2, 0.25) is 0 Å². The molecule has 0 fully saturated rings. The summed E-state index contributed by atoms with van der Waals surface area (Å²) in [5.74, 6) is 1.09. The second kappa shape index (κ2) is 6.42. The van der Waals surface area contributed by atoms with Gasteiger partial charge < -0.3 is 20.8 Å². The standard InChI is InChI=1S/C13H14N2O4/c1-3-9-5-4-6-10(7-9)14-13(19)15-11(8(2)16)12(17)18/h1,4-8,11,16H,2H3,(H,17,18)(H2,14,15,19). The summed E-state index contributed by atoms with van der Waals surface area (Å²) in [7, 11) is 0. The predicted octanol–water partition coefficient (Wildman–Crippen LogP) is 0.623. The number of aliphatic carboxylic acids is 1. The summed E-state index contributed by atoms with van der Waals surface area (Å²) in [6, 6.07) is 4.42. The Bertz CT molecular complexity index is 520. The van der Waals surface area contributed by atoms with Gasteiger partial charge in [-0.15, -0.1) is 6.42 Å². The van der Waals surface area contributed by atoms with E-state index >= 15 is 0 Å². The summed E-state index contributed by atoms with van der Waals surface area (Å²) in [4.78, 5) is 22.4. The van der Waals surface area contributed by atoms with Crippen molar-refractivity contribution in [2.75, 3.05) is 5.32 Å². The van der Waals surface area contributed by atoms with Crippen LogP contribution in [0.1, 0.15) is 12.5 Å². The average Bonchev–Trinajstić information content (AvgIpc) is 2.35. The lowest BCUT2D eigenvalue weighted by Gasteiger charge is -2.17. The highest BCUT2D eigenvalue weighted by Gasteiger charge is 2.24. The molecule has 0 aromatic heterocycles. The molecule has 6 heteroatoms. The highest BCUT2D eigenvalue weighted by atomic mass is 16.4. The summed E-state index contributed by atoms with van der Waals surface area (Å²) >= 11 is 0. The minimum atomic E-state index is -1.38. The molecule has 0 spiro atoms. The number of carbonyl (C=O) groups excluding carboxylic acids is 1. The van der Waals surface area contributed by atoms with Crippen molar-refractivity contribution < 1.29 is 19.8 Å². The maximum atomic E-state index is 11.6. The van der Waals surface area contributed by atoms with Crippen molar-refractivity contribution in [3.8, 4) is 12.3 Å².